The standard InChI is InChI=1S/C21H22N2O6S/c1-27-19-10-5-15(12-20(19)28-2)13-22-21(24)16-6-8-18(9-7-16)30(25,26)23-14-17-4-3-11-29-17/h3-12,23H,13-14H2,1-2H3,(H,22,24). The van der Waals surface area contributed by atoms with E-state index in [1.165, 1.54) is 30.5 Å². The molecule has 30 heavy (non-hydrogen) atoms. The summed E-state index contributed by atoms with van der Waals surface area (Å²) in [7, 11) is -0.624. The number of hydrogen-bond donors (Lipinski definition) is 2. The molecule has 3 rings (SSSR count). The smallest absolute Gasteiger partial charge is 0.251 e. The summed E-state index contributed by atoms with van der Waals surface area (Å²) in [4.78, 5) is 12.5. The Hall–Kier alpha value is -3.30. The van der Waals surface area contributed by atoms with E-state index in [9.17, 15) is 13.2 Å². The molecule has 0 atom stereocenters. The monoisotopic (exact) mass is 430 g/mol. The Morgan fingerprint density at radius 2 is 1.70 bits per heavy atom. The average molecular weight is 430 g/mol. The topological polar surface area (TPSA) is 107 Å². The van der Waals surface area contributed by atoms with Crippen molar-refractivity contribution < 1.29 is 27.1 Å². The summed E-state index contributed by atoms with van der Waals surface area (Å²) >= 11 is 0. The fourth-order valence-corrected chi connectivity index (χ4v) is 3.72. The van der Waals surface area contributed by atoms with Gasteiger partial charge in [0.2, 0.25) is 10.0 Å². The fraction of sp³-hybridized carbons (Fsp3) is 0.190. The second kappa shape index (κ2) is 9.47. The highest BCUT2D eigenvalue weighted by atomic mass is 32.2. The molecule has 1 amide bonds. The summed E-state index contributed by atoms with van der Waals surface area (Å²) in [5, 5.41) is 2.79. The Bertz CT molecular complexity index is 1090. The van der Waals surface area contributed by atoms with Crippen molar-refractivity contribution in [3.63, 3.8) is 0 Å². The van der Waals surface area contributed by atoms with Crippen molar-refractivity contribution >= 4 is 15.9 Å². The minimum Gasteiger partial charge on any atom is -0.493 e. The summed E-state index contributed by atoms with van der Waals surface area (Å²) in [5.41, 5.74) is 1.18. The van der Waals surface area contributed by atoms with Crippen LogP contribution in [0.25, 0.3) is 0 Å². The third-order valence-corrected chi connectivity index (χ3v) is 5.76. The molecule has 0 unspecified atom stereocenters. The van der Waals surface area contributed by atoms with Gasteiger partial charge in [-0.15, -0.1) is 0 Å². The highest BCUT2D eigenvalue weighted by Crippen LogP contribution is 2.27. The Balaban J connectivity index is 1.60. The molecule has 3 aromatic rings. The minimum atomic E-state index is -3.72. The van der Waals surface area contributed by atoms with Gasteiger partial charge < -0.3 is 19.2 Å². The first-order valence-electron chi connectivity index (χ1n) is 9.04. The van der Waals surface area contributed by atoms with E-state index in [1.54, 1.807) is 38.5 Å². The highest BCUT2D eigenvalue weighted by Gasteiger charge is 2.15. The van der Waals surface area contributed by atoms with E-state index < -0.39 is 10.0 Å². The van der Waals surface area contributed by atoms with Gasteiger partial charge in [0.15, 0.2) is 11.5 Å². The second-order valence-electron chi connectivity index (χ2n) is 6.30. The zero-order chi connectivity index (χ0) is 21.6. The quantitative estimate of drug-likeness (QED) is 0.541. The molecule has 0 aliphatic rings. The van der Waals surface area contributed by atoms with Crippen molar-refractivity contribution in [2.24, 2.45) is 0 Å². The van der Waals surface area contributed by atoms with E-state index in [0.29, 0.717) is 22.8 Å². The Morgan fingerprint density at radius 1 is 0.967 bits per heavy atom. The number of benzene rings is 2. The summed E-state index contributed by atoms with van der Waals surface area (Å²) < 4.78 is 42.7. The maximum Gasteiger partial charge on any atom is 0.251 e. The predicted molar refractivity (Wildman–Crippen MR) is 110 cm³/mol. The van der Waals surface area contributed by atoms with Gasteiger partial charge in [-0.3, -0.25) is 4.79 Å². The Morgan fingerprint density at radius 3 is 2.33 bits per heavy atom. The lowest BCUT2D eigenvalue weighted by Gasteiger charge is -2.11. The van der Waals surface area contributed by atoms with Crippen molar-refractivity contribution in [2.45, 2.75) is 18.0 Å². The number of furan rings is 1. The molecule has 0 radical (unpaired) electrons. The van der Waals surface area contributed by atoms with Gasteiger partial charge in [-0.2, -0.15) is 0 Å². The van der Waals surface area contributed by atoms with Gasteiger partial charge in [0.25, 0.3) is 5.91 Å². The molecule has 0 bridgehead atoms. The zero-order valence-corrected chi connectivity index (χ0v) is 17.4. The number of sulfonamides is 1. The van der Waals surface area contributed by atoms with Crippen LogP contribution in [0.1, 0.15) is 21.7 Å². The maximum atomic E-state index is 12.4. The van der Waals surface area contributed by atoms with Crippen LogP contribution in [-0.2, 0) is 23.1 Å². The number of amides is 1. The summed E-state index contributed by atoms with van der Waals surface area (Å²) in [6, 6.07) is 14.4. The van der Waals surface area contributed by atoms with E-state index in [2.05, 4.69) is 10.0 Å². The molecule has 9 heteroatoms. The van der Waals surface area contributed by atoms with Gasteiger partial charge in [0, 0.05) is 12.1 Å². The highest BCUT2D eigenvalue weighted by molar-refractivity contribution is 7.89. The number of carbonyl (C=O) groups is 1. The number of hydrogen-bond acceptors (Lipinski definition) is 6. The molecule has 1 aromatic heterocycles. The fourth-order valence-electron chi connectivity index (χ4n) is 2.72. The molecule has 158 valence electrons. The molecule has 0 spiro atoms. The van der Waals surface area contributed by atoms with Gasteiger partial charge in [-0.25, -0.2) is 13.1 Å². The zero-order valence-electron chi connectivity index (χ0n) is 16.5. The first kappa shape index (κ1) is 21.4. The summed E-state index contributed by atoms with van der Waals surface area (Å²) in [5.74, 6) is 1.35. The van der Waals surface area contributed by atoms with E-state index in [4.69, 9.17) is 13.9 Å². The van der Waals surface area contributed by atoms with Crippen LogP contribution in [0.3, 0.4) is 0 Å². The number of methoxy groups -OCH3 is 2. The molecule has 0 fully saturated rings. The van der Waals surface area contributed by atoms with Crippen LogP contribution in [0.15, 0.2) is 70.2 Å². The lowest BCUT2D eigenvalue weighted by atomic mass is 10.1. The number of nitrogens with one attached hydrogen (secondary N) is 2. The molecule has 0 saturated carbocycles. The van der Waals surface area contributed by atoms with Crippen LogP contribution < -0.4 is 19.5 Å². The van der Waals surface area contributed by atoms with Crippen LogP contribution in [0, 0.1) is 0 Å². The maximum absolute atomic E-state index is 12.4. The van der Waals surface area contributed by atoms with Crippen LogP contribution in [0.2, 0.25) is 0 Å². The number of ether oxygens (including phenoxy) is 2. The first-order chi connectivity index (χ1) is 14.4. The van der Waals surface area contributed by atoms with Crippen molar-refractivity contribution in [2.75, 3.05) is 14.2 Å². The number of carbonyl (C=O) groups excluding carboxylic acids is 1. The summed E-state index contributed by atoms with van der Waals surface area (Å²) in [6.07, 6.45) is 1.47. The van der Waals surface area contributed by atoms with Crippen molar-refractivity contribution in [3.05, 3.63) is 77.7 Å². The van der Waals surface area contributed by atoms with Crippen molar-refractivity contribution in [1.82, 2.24) is 10.0 Å². The molecule has 2 N–H and O–H groups in total. The van der Waals surface area contributed by atoms with E-state index in [-0.39, 0.29) is 23.9 Å². The largest absolute Gasteiger partial charge is 0.493 e. The van der Waals surface area contributed by atoms with Gasteiger partial charge in [0.1, 0.15) is 5.76 Å². The normalized spacial score (nSPS) is 11.1. The molecule has 0 saturated heterocycles. The Labute approximate surface area is 174 Å². The lowest BCUT2D eigenvalue weighted by molar-refractivity contribution is 0.0950. The molecular formula is C21H22N2O6S. The van der Waals surface area contributed by atoms with Gasteiger partial charge >= 0.3 is 0 Å². The second-order valence-corrected chi connectivity index (χ2v) is 8.07. The van der Waals surface area contributed by atoms with Crippen LogP contribution >= 0.6 is 0 Å². The molecule has 0 aliphatic heterocycles. The van der Waals surface area contributed by atoms with Crippen LogP contribution in [-0.4, -0.2) is 28.5 Å². The van der Waals surface area contributed by atoms with Crippen molar-refractivity contribution in [1.29, 1.82) is 0 Å². The van der Waals surface area contributed by atoms with Crippen LogP contribution in [0.5, 0.6) is 11.5 Å². The average Bonchev–Trinajstić information content (AvgIpc) is 3.30. The van der Waals surface area contributed by atoms with E-state index in [0.717, 1.165) is 5.56 Å². The van der Waals surface area contributed by atoms with Gasteiger partial charge in [-0.05, 0) is 54.1 Å². The van der Waals surface area contributed by atoms with Gasteiger partial charge in [0.05, 0.1) is 31.9 Å². The van der Waals surface area contributed by atoms with Gasteiger partial charge in [-0.1, -0.05) is 6.07 Å². The molecule has 0 aliphatic carbocycles. The van der Waals surface area contributed by atoms with Crippen LogP contribution in [0.4, 0.5) is 0 Å². The third kappa shape index (κ3) is 5.19. The summed E-state index contributed by atoms with van der Waals surface area (Å²) in [6.45, 7) is 0.326. The molecule has 8 nitrogen and oxygen atoms in total. The Kier molecular flexibility index (Phi) is 6.76. The molecule has 1 heterocycles. The van der Waals surface area contributed by atoms with E-state index in [1.807, 2.05) is 6.07 Å². The molecule has 2 aromatic carbocycles. The third-order valence-electron chi connectivity index (χ3n) is 4.34. The van der Waals surface area contributed by atoms with Crippen molar-refractivity contribution in [3.8, 4) is 11.5 Å². The number of rotatable bonds is 9. The SMILES string of the molecule is COc1ccc(CNC(=O)c2ccc(S(=O)(=O)NCc3ccco3)cc2)cc1OC. The first-order valence-corrected chi connectivity index (χ1v) is 10.5. The minimum absolute atomic E-state index is 0.0445. The lowest BCUT2D eigenvalue weighted by Crippen LogP contribution is -2.24. The van der Waals surface area contributed by atoms with E-state index >= 15 is 0 Å². The predicted octanol–water partition coefficient (Wildman–Crippen LogP) is 2.71. The molecular weight excluding hydrogens is 408 g/mol.